The van der Waals surface area contributed by atoms with Gasteiger partial charge in [-0.2, -0.15) is 0 Å². The van der Waals surface area contributed by atoms with E-state index in [1.54, 1.807) is 7.05 Å². The number of nitrogens with one attached hydrogen (secondary N) is 1. The molecule has 0 bridgehead atoms. The van der Waals surface area contributed by atoms with Crippen molar-refractivity contribution in [3.8, 4) is 0 Å². The average molecular weight is 396 g/mol. The van der Waals surface area contributed by atoms with Crippen LogP contribution in [0, 0.1) is 26.7 Å². The fourth-order valence-corrected chi connectivity index (χ4v) is 4.47. The third-order valence-electron chi connectivity index (χ3n) is 4.97. The van der Waals surface area contributed by atoms with Gasteiger partial charge in [0.05, 0.1) is 12.8 Å². The number of rotatable bonds is 5. The standard InChI is InChI=1S/C19H29N3O4S/c1-13-10-14(2)18(15(3)11-13)20-17(23)12-21(4)19(24)16-6-8-22(9-7-16)27(5,25)26/h10-11,16H,6-9,12H2,1-5H3,(H,20,23). The van der Waals surface area contributed by atoms with Crippen molar-refractivity contribution in [3.63, 3.8) is 0 Å². The first-order valence-electron chi connectivity index (χ1n) is 9.07. The molecule has 0 aliphatic carbocycles. The Hall–Kier alpha value is -1.93. The third-order valence-corrected chi connectivity index (χ3v) is 6.27. The highest BCUT2D eigenvalue weighted by molar-refractivity contribution is 7.88. The molecule has 2 amide bonds. The van der Waals surface area contributed by atoms with E-state index < -0.39 is 10.0 Å². The predicted octanol–water partition coefficient (Wildman–Crippen LogP) is 1.68. The minimum absolute atomic E-state index is 0.0299. The Bertz CT molecular complexity index is 804. The summed E-state index contributed by atoms with van der Waals surface area (Å²) in [7, 11) is -1.61. The van der Waals surface area contributed by atoms with Crippen molar-refractivity contribution in [2.45, 2.75) is 33.6 Å². The third kappa shape index (κ3) is 5.52. The molecule has 0 spiro atoms. The number of nitrogens with zero attached hydrogens (tertiary/aromatic N) is 2. The minimum Gasteiger partial charge on any atom is -0.336 e. The molecule has 0 aromatic heterocycles. The zero-order chi connectivity index (χ0) is 20.4. The van der Waals surface area contributed by atoms with Gasteiger partial charge in [-0.1, -0.05) is 17.7 Å². The summed E-state index contributed by atoms with van der Waals surface area (Å²) in [6.45, 7) is 6.55. The summed E-state index contributed by atoms with van der Waals surface area (Å²) >= 11 is 0. The second-order valence-corrected chi connectivity index (χ2v) is 9.43. The predicted molar refractivity (Wildman–Crippen MR) is 106 cm³/mol. The van der Waals surface area contributed by atoms with Crippen molar-refractivity contribution in [1.82, 2.24) is 9.21 Å². The molecule has 1 aromatic carbocycles. The zero-order valence-electron chi connectivity index (χ0n) is 16.7. The van der Waals surface area contributed by atoms with Crippen molar-refractivity contribution < 1.29 is 18.0 Å². The highest BCUT2D eigenvalue weighted by Crippen LogP contribution is 2.23. The maximum Gasteiger partial charge on any atom is 0.243 e. The maximum absolute atomic E-state index is 12.6. The molecule has 1 saturated heterocycles. The molecule has 0 radical (unpaired) electrons. The topological polar surface area (TPSA) is 86.8 Å². The van der Waals surface area contributed by atoms with Crippen LogP contribution in [0.4, 0.5) is 5.69 Å². The normalized spacial score (nSPS) is 16.2. The molecule has 7 nitrogen and oxygen atoms in total. The zero-order valence-corrected chi connectivity index (χ0v) is 17.5. The second kappa shape index (κ2) is 8.39. The first-order valence-corrected chi connectivity index (χ1v) is 10.9. The molecule has 2 rings (SSSR count). The number of aryl methyl sites for hydroxylation is 3. The summed E-state index contributed by atoms with van der Waals surface area (Å²) in [5, 5.41) is 2.90. The minimum atomic E-state index is -3.22. The van der Waals surface area contributed by atoms with Crippen LogP contribution in [0.3, 0.4) is 0 Å². The van der Waals surface area contributed by atoms with Crippen LogP contribution in [0.2, 0.25) is 0 Å². The average Bonchev–Trinajstić information content (AvgIpc) is 2.56. The van der Waals surface area contributed by atoms with E-state index in [1.165, 1.54) is 15.5 Å². The van der Waals surface area contributed by atoms with Gasteiger partial charge in [-0.05, 0) is 44.7 Å². The Morgan fingerprint density at radius 3 is 2.15 bits per heavy atom. The van der Waals surface area contributed by atoms with Gasteiger partial charge in [-0.25, -0.2) is 12.7 Å². The molecule has 1 aliphatic rings. The molecule has 27 heavy (non-hydrogen) atoms. The lowest BCUT2D eigenvalue weighted by Crippen LogP contribution is -2.44. The number of anilines is 1. The van der Waals surface area contributed by atoms with Crippen LogP contribution >= 0.6 is 0 Å². The van der Waals surface area contributed by atoms with Crippen LogP contribution in [-0.4, -0.2) is 62.4 Å². The smallest absolute Gasteiger partial charge is 0.243 e. The van der Waals surface area contributed by atoms with Crippen LogP contribution in [0.1, 0.15) is 29.5 Å². The molecule has 8 heteroatoms. The molecule has 1 heterocycles. The SMILES string of the molecule is Cc1cc(C)c(NC(=O)CN(C)C(=O)C2CCN(S(C)(=O)=O)CC2)c(C)c1. The molecule has 1 N–H and O–H groups in total. The lowest BCUT2D eigenvalue weighted by molar-refractivity contribution is -0.138. The van der Waals surface area contributed by atoms with E-state index in [4.69, 9.17) is 0 Å². The van der Waals surface area contributed by atoms with Crippen molar-refractivity contribution >= 4 is 27.5 Å². The van der Waals surface area contributed by atoms with E-state index in [2.05, 4.69) is 5.32 Å². The van der Waals surface area contributed by atoms with Crippen molar-refractivity contribution in [2.24, 2.45) is 5.92 Å². The monoisotopic (exact) mass is 395 g/mol. The van der Waals surface area contributed by atoms with Gasteiger partial charge in [-0.15, -0.1) is 0 Å². The molecule has 1 fully saturated rings. The summed E-state index contributed by atoms with van der Waals surface area (Å²) in [5.74, 6) is -0.603. The number of piperidine rings is 1. The molecule has 150 valence electrons. The van der Waals surface area contributed by atoms with Crippen LogP contribution in [0.25, 0.3) is 0 Å². The fourth-order valence-electron chi connectivity index (χ4n) is 3.60. The first-order chi connectivity index (χ1) is 12.5. The van der Waals surface area contributed by atoms with Gasteiger partial charge >= 0.3 is 0 Å². The Kier molecular flexibility index (Phi) is 6.64. The molecule has 1 aliphatic heterocycles. The van der Waals surface area contributed by atoms with Gasteiger partial charge in [-0.3, -0.25) is 9.59 Å². The fraction of sp³-hybridized carbons (Fsp3) is 0.579. The molecule has 0 saturated carbocycles. The number of amides is 2. The molecule has 1 aromatic rings. The van der Waals surface area contributed by atoms with Gasteiger partial charge in [0.25, 0.3) is 0 Å². The van der Waals surface area contributed by atoms with Crippen molar-refractivity contribution in [2.75, 3.05) is 38.3 Å². The number of hydrogen-bond donors (Lipinski definition) is 1. The molecular formula is C19H29N3O4S. The van der Waals surface area contributed by atoms with Crippen molar-refractivity contribution in [3.05, 3.63) is 28.8 Å². The number of carbonyl (C=O) groups is 2. The number of sulfonamides is 1. The number of carbonyl (C=O) groups excluding carboxylic acids is 2. The van der Waals surface area contributed by atoms with E-state index in [0.29, 0.717) is 25.9 Å². The highest BCUT2D eigenvalue weighted by Gasteiger charge is 2.31. The number of likely N-dealkylation sites (N-methyl/N-ethyl adjacent to an activating group) is 1. The van der Waals surface area contributed by atoms with E-state index >= 15 is 0 Å². The quantitative estimate of drug-likeness (QED) is 0.822. The van der Waals surface area contributed by atoms with Gasteiger partial charge in [0, 0.05) is 31.7 Å². The molecular weight excluding hydrogens is 366 g/mol. The Balaban J connectivity index is 1.92. The summed E-state index contributed by atoms with van der Waals surface area (Å²) in [6.07, 6.45) is 2.14. The van der Waals surface area contributed by atoms with Gasteiger partial charge in [0.2, 0.25) is 21.8 Å². The first kappa shape index (κ1) is 21.4. The lowest BCUT2D eigenvalue weighted by Gasteiger charge is -2.31. The molecule has 0 unspecified atom stereocenters. The van der Waals surface area contributed by atoms with Crippen LogP contribution < -0.4 is 5.32 Å². The van der Waals surface area contributed by atoms with Crippen molar-refractivity contribution in [1.29, 1.82) is 0 Å². The summed E-state index contributed by atoms with van der Waals surface area (Å²) in [4.78, 5) is 26.4. The van der Waals surface area contributed by atoms with E-state index in [0.717, 1.165) is 22.4 Å². The summed E-state index contributed by atoms with van der Waals surface area (Å²) in [5.41, 5.74) is 3.90. The van der Waals surface area contributed by atoms with Gasteiger partial charge < -0.3 is 10.2 Å². The largest absolute Gasteiger partial charge is 0.336 e. The van der Waals surface area contributed by atoms with Gasteiger partial charge in [0.15, 0.2) is 0 Å². The Morgan fingerprint density at radius 1 is 1.15 bits per heavy atom. The van der Waals surface area contributed by atoms with Crippen LogP contribution in [0.15, 0.2) is 12.1 Å². The van der Waals surface area contributed by atoms with Gasteiger partial charge in [0.1, 0.15) is 0 Å². The Labute approximate surface area is 161 Å². The molecule has 0 atom stereocenters. The van der Waals surface area contributed by atoms with E-state index in [9.17, 15) is 18.0 Å². The van der Waals surface area contributed by atoms with E-state index in [1.807, 2.05) is 32.9 Å². The maximum atomic E-state index is 12.6. The van der Waals surface area contributed by atoms with Crippen LogP contribution in [-0.2, 0) is 19.6 Å². The Morgan fingerprint density at radius 2 is 1.67 bits per heavy atom. The highest BCUT2D eigenvalue weighted by atomic mass is 32.2. The van der Waals surface area contributed by atoms with E-state index in [-0.39, 0.29) is 24.3 Å². The second-order valence-electron chi connectivity index (χ2n) is 7.45. The lowest BCUT2D eigenvalue weighted by atomic mass is 9.96. The van der Waals surface area contributed by atoms with Crippen LogP contribution in [0.5, 0.6) is 0 Å². The number of hydrogen-bond acceptors (Lipinski definition) is 4. The summed E-state index contributed by atoms with van der Waals surface area (Å²) < 4.78 is 24.5. The number of benzene rings is 1. The summed E-state index contributed by atoms with van der Waals surface area (Å²) in [6, 6.07) is 4.01.